The van der Waals surface area contributed by atoms with Gasteiger partial charge in [0.1, 0.15) is 6.54 Å². The van der Waals surface area contributed by atoms with Crippen LogP contribution in [0.4, 0.5) is 16.2 Å². The molecule has 0 aromatic heterocycles. The lowest BCUT2D eigenvalue weighted by molar-refractivity contribution is -0.127. The lowest BCUT2D eigenvalue weighted by Crippen LogP contribution is -2.36. The Morgan fingerprint density at radius 3 is 2.50 bits per heavy atom. The van der Waals surface area contributed by atoms with Crippen LogP contribution in [0.3, 0.4) is 0 Å². The first-order valence-corrected chi connectivity index (χ1v) is 13.5. The molecule has 0 spiro atoms. The van der Waals surface area contributed by atoms with Gasteiger partial charge < -0.3 is 20.1 Å². The van der Waals surface area contributed by atoms with Gasteiger partial charge in [0.05, 0.1) is 11.5 Å². The Hall–Kier alpha value is -4.28. The van der Waals surface area contributed by atoms with Crippen LogP contribution in [0.25, 0.3) is 6.08 Å². The molecule has 1 heterocycles. The van der Waals surface area contributed by atoms with Gasteiger partial charge in [0.2, 0.25) is 5.91 Å². The molecule has 1 aliphatic heterocycles. The number of rotatable bonds is 10. The van der Waals surface area contributed by atoms with Gasteiger partial charge in [-0.15, -0.1) is 0 Å². The summed E-state index contributed by atoms with van der Waals surface area (Å²) in [5, 5.41) is 5.39. The molecule has 11 heteroatoms. The third-order valence-corrected chi connectivity index (χ3v) is 6.77. The fourth-order valence-electron chi connectivity index (χ4n) is 3.74. The molecule has 1 fully saturated rings. The van der Waals surface area contributed by atoms with Crippen LogP contribution in [0.2, 0.25) is 5.02 Å². The average Bonchev–Trinajstić information content (AvgIpc) is 3.17. The Morgan fingerprint density at radius 2 is 1.75 bits per heavy atom. The smallest absolute Gasteiger partial charge is 0.294 e. The normalized spacial score (nSPS) is 13.9. The summed E-state index contributed by atoms with van der Waals surface area (Å²) in [6.07, 6.45) is 1.54. The molecule has 9 nitrogen and oxygen atoms in total. The van der Waals surface area contributed by atoms with Gasteiger partial charge in [-0.3, -0.25) is 24.1 Å². The van der Waals surface area contributed by atoms with Gasteiger partial charge in [0.25, 0.3) is 17.1 Å². The number of nitrogens with zero attached hydrogens (tertiary/aromatic N) is 1. The van der Waals surface area contributed by atoms with Gasteiger partial charge in [0.15, 0.2) is 18.1 Å². The van der Waals surface area contributed by atoms with Crippen molar-refractivity contribution in [3.63, 3.8) is 0 Å². The number of carbonyl (C=O) groups is 4. The highest BCUT2D eigenvalue weighted by Gasteiger charge is 2.36. The van der Waals surface area contributed by atoms with Crippen LogP contribution < -0.4 is 20.1 Å². The third kappa shape index (κ3) is 7.43. The number of ether oxygens (including phenoxy) is 2. The number of thioether (sulfide) groups is 1. The number of nitrogens with one attached hydrogen (secondary N) is 2. The first-order valence-electron chi connectivity index (χ1n) is 12.3. The van der Waals surface area contributed by atoms with Crippen molar-refractivity contribution in [2.45, 2.75) is 13.8 Å². The summed E-state index contributed by atoms with van der Waals surface area (Å²) >= 11 is 6.70. The predicted molar refractivity (Wildman–Crippen MR) is 156 cm³/mol. The monoisotopic (exact) mass is 579 g/mol. The van der Waals surface area contributed by atoms with Crippen molar-refractivity contribution in [1.82, 2.24) is 4.90 Å². The molecule has 0 radical (unpaired) electrons. The molecule has 3 aromatic rings. The van der Waals surface area contributed by atoms with Gasteiger partial charge in [-0.25, -0.2) is 0 Å². The van der Waals surface area contributed by atoms with E-state index in [1.165, 1.54) is 0 Å². The van der Waals surface area contributed by atoms with Gasteiger partial charge in [0, 0.05) is 16.4 Å². The van der Waals surface area contributed by atoms with E-state index in [1.807, 2.05) is 19.1 Å². The third-order valence-electron chi connectivity index (χ3n) is 5.63. The molecule has 0 aliphatic carbocycles. The van der Waals surface area contributed by atoms with E-state index in [9.17, 15) is 19.2 Å². The lowest BCUT2D eigenvalue weighted by atomic mass is 10.2. The highest BCUT2D eigenvalue weighted by Crippen LogP contribution is 2.34. The number of anilines is 2. The van der Waals surface area contributed by atoms with Gasteiger partial charge in [-0.05, 0) is 79.2 Å². The first-order chi connectivity index (χ1) is 19.2. The van der Waals surface area contributed by atoms with E-state index in [0.717, 1.165) is 22.2 Å². The Kier molecular flexibility index (Phi) is 9.47. The van der Waals surface area contributed by atoms with Gasteiger partial charge in [-0.2, -0.15) is 0 Å². The fourth-order valence-corrected chi connectivity index (χ4v) is 4.77. The Labute approximate surface area is 240 Å². The van der Waals surface area contributed by atoms with E-state index in [-0.39, 0.29) is 17.4 Å². The second kappa shape index (κ2) is 13.2. The van der Waals surface area contributed by atoms with E-state index in [2.05, 4.69) is 10.6 Å². The minimum Gasteiger partial charge on any atom is -0.490 e. The van der Waals surface area contributed by atoms with E-state index in [4.69, 9.17) is 21.1 Å². The molecule has 0 atom stereocenters. The zero-order chi connectivity index (χ0) is 28.6. The van der Waals surface area contributed by atoms with Gasteiger partial charge in [-0.1, -0.05) is 41.9 Å². The average molecular weight is 580 g/mol. The topological polar surface area (TPSA) is 114 Å². The fraction of sp³-hybridized carbons (Fsp3) is 0.172. The molecule has 0 unspecified atom stereocenters. The summed E-state index contributed by atoms with van der Waals surface area (Å²) in [5.74, 6) is -0.720. The molecule has 1 aliphatic rings. The highest BCUT2D eigenvalue weighted by molar-refractivity contribution is 8.18. The number of benzene rings is 3. The van der Waals surface area contributed by atoms with Crippen LogP contribution in [-0.2, 0) is 14.4 Å². The van der Waals surface area contributed by atoms with Crippen molar-refractivity contribution in [2.24, 2.45) is 0 Å². The summed E-state index contributed by atoms with van der Waals surface area (Å²) in [6.45, 7) is 3.32. The largest absolute Gasteiger partial charge is 0.490 e. The Balaban J connectivity index is 1.41. The summed E-state index contributed by atoms with van der Waals surface area (Å²) in [4.78, 5) is 51.4. The number of carbonyl (C=O) groups excluding carboxylic acids is 4. The predicted octanol–water partition coefficient (Wildman–Crippen LogP) is 5.74. The Morgan fingerprint density at radius 1 is 0.950 bits per heavy atom. The van der Waals surface area contributed by atoms with Crippen LogP contribution in [-0.4, -0.2) is 47.6 Å². The maximum atomic E-state index is 12.9. The van der Waals surface area contributed by atoms with Crippen molar-refractivity contribution in [3.8, 4) is 11.5 Å². The quantitative estimate of drug-likeness (QED) is 0.294. The standard InChI is InChI=1S/C29H26ClN3O6S/c1-3-38-24-13-19(11-12-23(24)39-17-27(35)31-21-9-6-8-20(30)15-21)14-25-28(36)33(29(37)40-25)16-26(34)32-22-10-5-4-7-18(22)2/h4-15H,3,16-17H2,1-2H3,(H,31,35)(H,32,34)/b25-14+. The maximum Gasteiger partial charge on any atom is 0.294 e. The minimum absolute atomic E-state index is 0.172. The number of imide groups is 1. The van der Waals surface area contributed by atoms with Crippen molar-refractivity contribution < 1.29 is 28.7 Å². The molecule has 2 N–H and O–H groups in total. The van der Waals surface area contributed by atoms with E-state index < -0.39 is 23.6 Å². The molecular formula is C29H26ClN3O6S. The second-order valence-electron chi connectivity index (χ2n) is 8.62. The number of para-hydroxylation sites is 1. The van der Waals surface area contributed by atoms with Crippen LogP contribution in [0.15, 0.2) is 71.6 Å². The summed E-state index contributed by atoms with van der Waals surface area (Å²) in [7, 11) is 0. The SMILES string of the molecule is CCOc1cc(/C=C2/SC(=O)N(CC(=O)Nc3ccccc3C)C2=O)ccc1OCC(=O)Nc1cccc(Cl)c1. The molecule has 0 bridgehead atoms. The highest BCUT2D eigenvalue weighted by atomic mass is 35.5. The lowest BCUT2D eigenvalue weighted by Gasteiger charge is -2.14. The van der Waals surface area contributed by atoms with Crippen LogP contribution in [0.1, 0.15) is 18.1 Å². The molecule has 206 valence electrons. The van der Waals surface area contributed by atoms with Crippen molar-refractivity contribution in [1.29, 1.82) is 0 Å². The maximum absolute atomic E-state index is 12.9. The van der Waals surface area contributed by atoms with Crippen molar-refractivity contribution >= 4 is 63.8 Å². The molecule has 40 heavy (non-hydrogen) atoms. The van der Waals surface area contributed by atoms with Crippen LogP contribution in [0.5, 0.6) is 11.5 Å². The summed E-state index contributed by atoms with van der Waals surface area (Å²) < 4.78 is 11.3. The zero-order valence-corrected chi connectivity index (χ0v) is 23.3. The van der Waals surface area contributed by atoms with E-state index >= 15 is 0 Å². The number of hydrogen-bond acceptors (Lipinski definition) is 7. The molecule has 4 rings (SSSR count). The first kappa shape index (κ1) is 28.7. The number of halogens is 1. The number of aryl methyl sites for hydroxylation is 1. The number of hydrogen-bond donors (Lipinski definition) is 2. The Bertz CT molecular complexity index is 1490. The number of amides is 4. The molecule has 0 saturated carbocycles. The van der Waals surface area contributed by atoms with E-state index in [1.54, 1.807) is 67.6 Å². The van der Waals surface area contributed by atoms with Crippen molar-refractivity contribution in [2.75, 3.05) is 30.4 Å². The molecule has 4 amide bonds. The minimum atomic E-state index is -0.564. The zero-order valence-electron chi connectivity index (χ0n) is 21.7. The van der Waals surface area contributed by atoms with Crippen molar-refractivity contribution in [3.05, 3.63) is 87.8 Å². The van der Waals surface area contributed by atoms with Crippen LogP contribution in [0, 0.1) is 6.92 Å². The molecule has 1 saturated heterocycles. The van der Waals surface area contributed by atoms with Gasteiger partial charge >= 0.3 is 0 Å². The summed E-state index contributed by atoms with van der Waals surface area (Å²) in [6, 6.07) is 18.9. The van der Waals surface area contributed by atoms with E-state index in [0.29, 0.717) is 40.1 Å². The van der Waals surface area contributed by atoms with Crippen LogP contribution >= 0.6 is 23.4 Å². The molecular weight excluding hydrogens is 554 g/mol. The second-order valence-corrected chi connectivity index (χ2v) is 10.0. The molecule has 3 aromatic carbocycles. The summed E-state index contributed by atoms with van der Waals surface area (Å²) in [5.41, 5.74) is 2.60.